The number of anilines is 2. The number of benzene rings is 1. The number of hydrazine groups is 1. The van der Waals surface area contributed by atoms with E-state index in [0.29, 0.717) is 13.1 Å². The van der Waals surface area contributed by atoms with Crippen molar-refractivity contribution in [2.75, 3.05) is 23.4 Å². The largest absolute Gasteiger partial charge is 0.355 e. The average molecular weight is 422 g/mol. The van der Waals surface area contributed by atoms with Crippen molar-refractivity contribution in [3.05, 3.63) is 55.3 Å². The lowest BCUT2D eigenvalue weighted by molar-refractivity contribution is -0.384. The highest BCUT2D eigenvalue weighted by Gasteiger charge is 2.28. The number of nitro groups is 2. The average Bonchev–Trinajstić information content (AvgIpc) is 2.72. The lowest BCUT2D eigenvalue weighted by Crippen LogP contribution is -2.33. The third kappa shape index (κ3) is 4.48. The number of hydrogen-bond acceptors (Lipinski definition) is 9. The van der Waals surface area contributed by atoms with Gasteiger partial charge in [0.2, 0.25) is 11.6 Å². The Hall–Kier alpha value is -3.54. The van der Waals surface area contributed by atoms with E-state index in [1.807, 2.05) is 0 Å². The lowest BCUT2D eigenvalue weighted by atomic mass is 10.1. The minimum atomic E-state index is -0.753. The second-order valence-electron chi connectivity index (χ2n) is 6.20. The van der Waals surface area contributed by atoms with Gasteiger partial charge in [0.05, 0.1) is 9.85 Å². The molecule has 0 saturated carbocycles. The van der Waals surface area contributed by atoms with Gasteiger partial charge in [-0.3, -0.25) is 35.9 Å². The predicted molar refractivity (Wildman–Crippen MR) is 104 cm³/mol. The molecule has 0 unspecified atom stereocenters. The molecular weight excluding hydrogens is 406 g/mol. The minimum Gasteiger partial charge on any atom is -0.351 e. The van der Waals surface area contributed by atoms with E-state index in [1.54, 1.807) is 4.90 Å². The highest BCUT2D eigenvalue weighted by molar-refractivity contribution is 6.32. The molecular formula is C16H16ClN7O5. The van der Waals surface area contributed by atoms with Gasteiger partial charge in [-0.15, -0.1) is 0 Å². The topological polar surface area (TPSA) is 156 Å². The van der Waals surface area contributed by atoms with Crippen LogP contribution in [-0.4, -0.2) is 38.8 Å². The summed E-state index contributed by atoms with van der Waals surface area (Å²) in [5.74, 6) is -0.775. The standard InChI is InChI=1S/C16H16ClN7O5/c17-11-5-4-10(8-12(11)23(26)27)16(25)21-20-14-13(24(28)29)15(19-9-18-14)22-6-2-1-3-7-22/h4-5,8-9H,1-3,6-7H2,(H,21,25)(H,18,19,20). The molecule has 1 aliphatic rings. The van der Waals surface area contributed by atoms with Gasteiger partial charge in [0.25, 0.3) is 11.6 Å². The zero-order valence-electron chi connectivity index (χ0n) is 15.0. The van der Waals surface area contributed by atoms with Gasteiger partial charge in [-0.1, -0.05) is 11.6 Å². The maximum atomic E-state index is 12.3. The van der Waals surface area contributed by atoms with Gasteiger partial charge < -0.3 is 4.90 Å². The van der Waals surface area contributed by atoms with Gasteiger partial charge in [-0.2, -0.15) is 0 Å². The molecule has 29 heavy (non-hydrogen) atoms. The summed E-state index contributed by atoms with van der Waals surface area (Å²) in [6.07, 6.45) is 4.01. The summed E-state index contributed by atoms with van der Waals surface area (Å²) < 4.78 is 0. The molecule has 2 aromatic rings. The number of aromatic nitrogens is 2. The molecule has 2 heterocycles. The number of halogens is 1. The number of carbonyl (C=O) groups excluding carboxylic acids is 1. The molecule has 1 aliphatic heterocycles. The second kappa shape index (κ2) is 8.65. The van der Waals surface area contributed by atoms with Crippen LogP contribution in [0.25, 0.3) is 0 Å². The van der Waals surface area contributed by atoms with E-state index in [0.717, 1.165) is 25.3 Å². The smallest absolute Gasteiger partial charge is 0.351 e. The van der Waals surface area contributed by atoms with Gasteiger partial charge in [0.15, 0.2) is 0 Å². The number of nitrogens with zero attached hydrogens (tertiary/aromatic N) is 5. The number of piperidine rings is 1. The Morgan fingerprint density at radius 3 is 2.48 bits per heavy atom. The van der Waals surface area contributed by atoms with Crippen LogP contribution in [-0.2, 0) is 0 Å². The number of carbonyl (C=O) groups is 1. The van der Waals surface area contributed by atoms with Crippen LogP contribution in [0, 0.1) is 20.2 Å². The molecule has 1 aromatic heterocycles. The van der Waals surface area contributed by atoms with Gasteiger partial charge in [0.1, 0.15) is 11.3 Å². The Morgan fingerprint density at radius 2 is 1.83 bits per heavy atom. The van der Waals surface area contributed by atoms with Gasteiger partial charge in [-0.25, -0.2) is 9.97 Å². The van der Waals surface area contributed by atoms with E-state index in [4.69, 9.17) is 11.6 Å². The highest BCUT2D eigenvalue weighted by Crippen LogP contribution is 2.33. The van der Waals surface area contributed by atoms with Gasteiger partial charge in [-0.05, 0) is 31.4 Å². The third-order valence-electron chi connectivity index (χ3n) is 4.34. The lowest BCUT2D eigenvalue weighted by Gasteiger charge is -2.27. The van der Waals surface area contributed by atoms with E-state index in [-0.39, 0.29) is 27.9 Å². The normalized spacial score (nSPS) is 13.6. The Labute approximate surface area is 169 Å². The van der Waals surface area contributed by atoms with Crippen molar-refractivity contribution < 1.29 is 14.6 Å². The molecule has 13 heteroatoms. The molecule has 0 atom stereocenters. The number of rotatable bonds is 6. The molecule has 0 bridgehead atoms. The first-order chi connectivity index (χ1) is 13.9. The first kappa shape index (κ1) is 20.2. The van der Waals surface area contributed by atoms with Crippen LogP contribution in [0.1, 0.15) is 29.6 Å². The van der Waals surface area contributed by atoms with Crippen LogP contribution in [0.5, 0.6) is 0 Å². The molecule has 1 aromatic carbocycles. The fourth-order valence-electron chi connectivity index (χ4n) is 2.95. The predicted octanol–water partition coefficient (Wildman–Crippen LogP) is 2.69. The molecule has 0 spiro atoms. The van der Waals surface area contributed by atoms with E-state index in [2.05, 4.69) is 20.8 Å². The minimum absolute atomic E-state index is 0.0541. The van der Waals surface area contributed by atoms with Crippen molar-refractivity contribution in [3.63, 3.8) is 0 Å². The van der Waals surface area contributed by atoms with Crippen molar-refractivity contribution >= 4 is 40.5 Å². The van der Waals surface area contributed by atoms with Crippen molar-refractivity contribution in [1.82, 2.24) is 15.4 Å². The molecule has 3 rings (SSSR count). The molecule has 1 fully saturated rings. The van der Waals surface area contributed by atoms with Crippen molar-refractivity contribution in [3.8, 4) is 0 Å². The first-order valence-electron chi connectivity index (χ1n) is 8.63. The number of nitro benzene ring substituents is 1. The summed E-state index contributed by atoms with van der Waals surface area (Å²) in [5, 5.41) is 22.5. The van der Waals surface area contributed by atoms with Crippen molar-refractivity contribution in [2.24, 2.45) is 0 Å². The molecule has 12 nitrogen and oxygen atoms in total. The van der Waals surface area contributed by atoms with E-state index < -0.39 is 21.4 Å². The molecule has 0 radical (unpaired) electrons. The Bertz CT molecular complexity index is 965. The number of amides is 1. The Morgan fingerprint density at radius 1 is 1.10 bits per heavy atom. The fourth-order valence-corrected chi connectivity index (χ4v) is 3.13. The summed E-state index contributed by atoms with van der Waals surface area (Å²) in [7, 11) is 0. The van der Waals surface area contributed by atoms with Crippen LogP contribution in [0.3, 0.4) is 0 Å². The van der Waals surface area contributed by atoms with Crippen molar-refractivity contribution in [2.45, 2.75) is 19.3 Å². The summed E-state index contributed by atoms with van der Waals surface area (Å²) in [6.45, 7) is 1.27. The van der Waals surface area contributed by atoms with Gasteiger partial charge >= 0.3 is 5.69 Å². The molecule has 1 saturated heterocycles. The van der Waals surface area contributed by atoms with E-state index >= 15 is 0 Å². The zero-order valence-corrected chi connectivity index (χ0v) is 15.8. The zero-order chi connectivity index (χ0) is 21.0. The van der Waals surface area contributed by atoms with Crippen LogP contribution in [0.2, 0.25) is 5.02 Å². The van der Waals surface area contributed by atoms with Crippen molar-refractivity contribution in [1.29, 1.82) is 0 Å². The summed E-state index contributed by atoms with van der Waals surface area (Å²) in [5.41, 5.74) is 3.82. The fraction of sp³-hybridized carbons (Fsp3) is 0.312. The quantitative estimate of drug-likeness (QED) is 0.528. The SMILES string of the molecule is O=C(NNc1ncnc(N2CCCCC2)c1[N+](=O)[O-])c1ccc(Cl)c([N+](=O)[O-])c1. The van der Waals surface area contributed by atoms with E-state index in [9.17, 15) is 25.0 Å². The Balaban J connectivity index is 1.81. The molecule has 152 valence electrons. The number of nitrogens with one attached hydrogen (secondary N) is 2. The van der Waals surface area contributed by atoms with Crippen LogP contribution >= 0.6 is 11.6 Å². The third-order valence-corrected chi connectivity index (χ3v) is 4.66. The molecule has 1 amide bonds. The molecule has 0 aliphatic carbocycles. The van der Waals surface area contributed by atoms with Crippen LogP contribution in [0.4, 0.5) is 23.0 Å². The summed E-state index contributed by atoms with van der Waals surface area (Å²) in [6, 6.07) is 3.52. The van der Waals surface area contributed by atoms with Crippen LogP contribution in [0.15, 0.2) is 24.5 Å². The summed E-state index contributed by atoms with van der Waals surface area (Å²) in [4.78, 5) is 43.2. The first-order valence-corrected chi connectivity index (χ1v) is 9.01. The summed E-state index contributed by atoms with van der Waals surface area (Å²) >= 11 is 5.73. The second-order valence-corrected chi connectivity index (χ2v) is 6.61. The maximum Gasteiger partial charge on any atom is 0.355 e. The molecule has 2 N–H and O–H groups in total. The maximum absolute atomic E-state index is 12.3. The van der Waals surface area contributed by atoms with E-state index in [1.165, 1.54) is 18.5 Å². The Kier molecular flexibility index (Phi) is 6.02. The van der Waals surface area contributed by atoms with Crippen LogP contribution < -0.4 is 15.8 Å². The number of hydrogen-bond donors (Lipinski definition) is 2. The monoisotopic (exact) mass is 421 g/mol. The van der Waals surface area contributed by atoms with Gasteiger partial charge in [0, 0.05) is 24.7 Å². The highest BCUT2D eigenvalue weighted by atomic mass is 35.5.